The summed E-state index contributed by atoms with van der Waals surface area (Å²) in [6, 6.07) is 6.26. The first-order valence-corrected chi connectivity index (χ1v) is 5.55. The number of rotatable bonds is 3. The highest BCUT2D eigenvalue weighted by atomic mass is 79.9. The predicted molar refractivity (Wildman–Crippen MR) is 63.3 cm³/mol. The standard InChI is InChI=1S/C11H12BrCl/c1-9-8-11(12)6-5-10(9)4-2-3-7-13/h2,4-6,8H,3,7H2,1H3. The molecule has 1 rings (SSSR count). The van der Waals surface area contributed by atoms with E-state index in [-0.39, 0.29) is 0 Å². The molecule has 70 valence electrons. The van der Waals surface area contributed by atoms with Crippen LogP contribution in [-0.4, -0.2) is 5.88 Å². The van der Waals surface area contributed by atoms with Crippen LogP contribution >= 0.6 is 27.5 Å². The normalized spacial score (nSPS) is 11.0. The number of allylic oxidation sites excluding steroid dienone is 1. The summed E-state index contributed by atoms with van der Waals surface area (Å²) in [5.74, 6) is 0.687. The number of benzene rings is 1. The SMILES string of the molecule is Cc1cc(Br)ccc1C=CCCCl. The molecule has 0 aliphatic heterocycles. The average molecular weight is 260 g/mol. The highest BCUT2D eigenvalue weighted by Crippen LogP contribution is 2.17. The van der Waals surface area contributed by atoms with Gasteiger partial charge in [-0.3, -0.25) is 0 Å². The van der Waals surface area contributed by atoms with Gasteiger partial charge in [0.05, 0.1) is 0 Å². The first-order chi connectivity index (χ1) is 6.24. The van der Waals surface area contributed by atoms with Crippen molar-refractivity contribution in [3.63, 3.8) is 0 Å². The maximum absolute atomic E-state index is 5.57. The van der Waals surface area contributed by atoms with Gasteiger partial charge in [0.1, 0.15) is 0 Å². The van der Waals surface area contributed by atoms with Crippen LogP contribution in [0.15, 0.2) is 28.7 Å². The van der Waals surface area contributed by atoms with E-state index in [0.29, 0.717) is 5.88 Å². The number of aryl methyl sites for hydroxylation is 1. The summed E-state index contributed by atoms with van der Waals surface area (Å²) >= 11 is 9.01. The molecule has 0 heterocycles. The van der Waals surface area contributed by atoms with E-state index in [1.165, 1.54) is 11.1 Å². The highest BCUT2D eigenvalue weighted by molar-refractivity contribution is 9.10. The van der Waals surface area contributed by atoms with Crippen LogP contribution in [0, 0.1) is 6.92 Å². The van der Waals surface area contributed by atoms with Crippen molar-refractivity contribution in [1.29, 1.82) is 0 Å². The van der Waals surface area contributed by atoms with E-state index in [2.05, 4.69) is 47.1 Å². The fourth-order valence-electron chi connectivity index (χ4n) is 1.10. The Morgan fingerprint density at radius 2 is 2.23 bits per heavy atom. The number of alkyl halides is 1. The second-order valence-corrected chi connectivity index (χ2v) is 4.17. The lowest BCUT2D eigenvalue weighted by Crippen LogP contribution is -1.79. The van der Waals surface area contributed by atoms with Crippen molar-refractivity contribution in [3.8, 4) is 0 Å². The molecule has 0 aliphatic carbocycles. The Bertz CT molecular complexity index is 305. The van der Waals surface area contributed by atoms with Crippen LogP contribution in [0.4, 0.5) is 0 Å². The Kier molecular flexibility index (Phi) is 4.54. The van der Waals surface area contributed by atoms with E-state index in [0.717, 1.165) is 10.9 Å². The van der Waals surface area contributed by atoms with Crippen LogP contribution in [-0.2, 0) is 0 Å². The maximum Gasteiger partial charge on any atom is 0.0258 e. The van der Waals surface area contributed by atoms with Crippen molar-refractivity contribution in [3.05, 3.63) is 39.9 Å². The average Bonchev–Trinajstić information content (AvgIpc) is 2.09. The molecule has 0 nitrogen and oxygen atoms in total. The lowest BCUT2D eigenvalue weighted by atomic mass is 10.1. The Labute approximate surface area is 92.7 Å². The third-order valence-corrected chi connectivity index (χ3v) is 2.52. The van der Waals surface area contributed by atoms with Crippen molar-refractivity contribution in [2.45, 2.75) is 13.3 Å². The van der Waals surface area contributed by atoms with Gasteiger partial charge in [-0.2, -0.15) is 0 Å². The first-order valence-electron chi connectivity index (χ1n) is 4.22. The Morgan fingerprint density at radius 1 is 1.46 bits per heavy atom. The summed E-state index contributed by atoms with van der Waals surface area (Å²) < 4.78 is 1.12. The number of hydrogen-bond donors (Lipinski definition) is 0. The monoisotopic (exact) mass is 258 g/mol. The van der Waals surface area contributed by atoms with Gasteiger partial charge in [-0.15, -0.1) is 11.6 Å². The van der Waals surface area contributed by atoms with Crippen molar-refractivity contribution >= 4 is 33.6 Å². The Morgan fingerprint density at radius 3 is 2.85 bits per heavy atom. The fraction of sp³-hybridized carbons (Fsp3) is 0.273. The molecule has 0 aromatic heterocycles. The summed E-state index contributed by atoms with van der Waals surface area (Å²) in [6.07, 6.45) is 5.14. The van der Waals surface area contributed by atoms with Crippen molar-refractivity contribution in [2.75, 3.05) is 5.88 Å². The summed E-state index contributed by atoms with van der Waals surface area (Å²) in [5.41, 5.74) is 2.54. The van der Waals surface area contributed by atoms with Gasteiger partial charge in [-0.25, -0.2) is 0 Å². The third kappa shape index (κ3) is 3.53. The molecule has 0 radical (unpaired) electrons. The number of halogens is 2. The van der Waals surface area contributed by atoms with E-state index in [9.17, 15) is 0 Å². The van der Waals surface area contributed by atoms with Gasteiger partial charge in [-0.05, 0) is 36.6 Å². The molecule has 0 unspecified atom stereocenters. The minimum Gasteiger partial charge on any atom is -0.126 e. The molecule has 0 spiro atoms. The minimum atomic E-state index is 0.687. The Hall–Kier alpha value is -0.270. The number of hydrogen-bond acceptors (Lipinski definition) is 0. The smallest absolute Gasteiger partial charge is 0.0258 e. The van der Waals surface area contributed by atoms with Crippen LogP contribution < -0.4 is 0 Å². The van der Waals surface area contributed by atoms with Gasteiger partial charge in [0, 0.05) is 10.4 Å². The largest absolute Gasteiger partial charge is 0.126 e. The highest BCUT2D eigenvalue weighted by Gasteiger charge is 1.93. The molecule has 0 bridgehead atoms. The molecule has 2 heteroatoms. The summed E-state index contributed by atoms with van der Waals surface area (Å²) in [5, 5.41) is 0. The summed E-state index contributed by atoms with van der Waals surface area (Å²) in [4.78, 5) is 0. The maximum atomic E-state index is 5.57. The molecule has 1 aromatic rings. The molecule has 0 saturated carbocycles. The molecular formula is C11H12BrCl. The van der Waals surface area contributed by atoms with E-state index in [1.807, 2.05) is 6.07 Å². The molecule has 0 atom stereocenters. The lowest BCUT2D eigenvalue weighted by molar-refractivity contribution is 1.24. The third-order valence-electron chi connectivity index (χ3n) is 1.81. The molecular weight excluding hydrogens is 247 g/mol. The van der Waals surface area contributed by atoms with Crippen molar-refractivity contribution in [2.24, 2.45) is 0 Å². The second-order valence-electron chi connectivity index (χ2n) is 2.88. The first kappa shape index (κ1) is 10.8. The van der Waals surface area contributed by atoms with Crippen LogP contribution in [0.2, 0.25) is 0 Å². The van der Waals surface area contributed by atoms with Gasteiger partial charge in [0.25, 0.3) is 0 Å². The fourth-order valence-corrected chi connectivity index (χ4v) is 1.70. The van der Waals surface area contributed by atoms with Gasteiger partial charge in [0.15, 0.2) is 0 Å². The summed E-state index contributed by atoms with van der Waals surface area (Å²) in [7, 11) is 0. The molecule has 13 heavy (non-hydrogen) atoms. The van der Waals surface area contributed by atoms with Gasteiger partial charge in [-0.1, -0.05) is 34.1 Å². The molecule has 0 fully saturated rings. The van der Waals surface area contributed by atoms with Gasteiger partial charge < -0.3 is 0 Å². The zero-order valence-corrected chi connectivity index (χ0v) is 9.90. The molecule has 1 aromatic carbocycles. The molecule has 0 N–H and O–H groups in total. The van der Waals surface area contributed by atoms with Crippen LogP contribution in [0.1, 0.15) is 17.5 Å². The summed E-state index contributed by atoms with van der Waals surface area (Å²) in [6.45, 7) is 2.10. The van der Waals surface area contributed by atoms with E-state index in [4.69, 9.17) is 11.6 Å². The lowest BCUT2D eigenvalue weighted by Gasteiger charge is -2.00. The van der Waals surface area contributed by atoms with Crippen LogP contribution in [0.25, 0.3) is 6.08 Å². The zero-order valence-electron chi connectivity index (χ0n) is 7.56. The van der Waals surface area contributed by atoms with Gasteiger partial charge >= 0.3 is 0 Å². The van der Waals surface area contributed by atoms with Crippen molar-refractivity contribution in [1.82, 2.24) is 0 Å². The van der Waals surface area contributed by atoms with E-state index >= 15 is 0 Å². The predicted octanol–water partition coefficient (Wildman–Crippen LogP) is 4.40. The van der Waals surface area contributed by atoms with Crippen molar-refractivity contribution < 1.29 is 0 Å². The molecule has 0 amide bonds. The molecule has 0 saturated heterocycles. The Balaban J connectivity index is 2.77. The topological polar surface area (TPSA) is 0 Å². The zero-order chi connectivity index (χ0) is 9.68. The van der Waals surface area contributed by atoms with E-state index < -0.39 is 0 Å². The quantitative estimate of drug-likeness (QED) is 0.706. The van der Waals surface area contributed by atoms with Gasteiger partial charge in [0.2, 0.25) is 0 Å². The second kappa shape index (κ2) is 5.46. The molecule has 0 aliphatic rings. The van der Waals surface area contributed by atoms with Crippen LogP contribution in [0.5, 0.6) is 0 Å². The van der Waals surface area contributed by atoms with Crippen LogP contribution in [0.3, 0.4) is 0 Å². The minimum absolute atomic E-state index is 0.687. The van der Waals surface area contributed by atoms with E-state index in [1.54, 1.807) is 0 Å².